The maximum absolute atomic E-state index is 6.10. The van der Waals surface area contributed by atoms with Crippen LogP contribution in [0, 0.1) is 0 Å². The van der Waals surface area contributed by atoms with Gasteiger partial charge in [-0.05, 0) is 12.1 Å². The van der Waals surface area contributed by atoms with Gasteiger partial charge in [0.25, 0.3) is 0 Å². The highest BCUT2D eigenvalue weighted by molar-refractivity contribution is 6.42. The Hall–Kier alpha value is -0.600. The van der Waals surface area contributed by atoms with Gasteiger partial charge in [0.2, 0.25) is 0 Å². The van der Waals surface area contributed by atoms with Crippen LogP contribution >= 0.6 is 46.4 Å². The molecule has 0 aromatic heterocycles. The predicted octanol–water partition coefficient (Wildman–Crippen LogP) is 5.96. The lowest BCUT2D eigenvalue weighted by molar-refractivity contribution is 0.304. The standard InChI is InChI=1S/C14H10Cl4O/c15-7-9-3-1-6-12(17)14(9)19-8-10-4-2-5-11(16)13(10)18/h1-6H,7-8H2. The van der Waals surface area contributed by atoms with Gasteiger partial charge in [0.1, 0.15) is 12.4 Å². The number of ether oxygens (including phenoxy) is 1. The Kier molecular flexibility index (Phi) is 5.23. The lowest BCUT2D eigenvalue weighted by atomic mass is 10.2. The van der Waals surface area contributed by atoms with Crippen molar-refractivity contribution < 1.29 is 4.74 Å². The molecule has 0 aliphatic rings. The van der Waals surface area contributed by atoms with E-state index in [1.807, 2.05) is 24.3 Å². The van der Waals surface area contributed by atoms with Gasteiger partial charge in [-0.15, -0.1) is 11.6 Å². The summed E-state index contributed by atoms with van der Waals surface area (Å²) < 4.78 is 5.72. The molecule has 1 nitrogen and oxygen atoms in total. The van der Waals surface area contributed by atoms with E-state index in [0.29, 0.717) is 26.7 Å². The van der Waals surface area contributed by atoms with Gasteiger partial charge >= 0.3 is 0 Å². The Morgan fingerprint density at radius 1 is 0.842 bits per heavy atom. The van der Waals surface area contributed by atoms with Crippen LogP contribution in [-0.2, 0) is 12.5 Å². The summed E-state index contributed by atoms with van der Waals surface area (Å²) >= 11 is 24.0. The average molecular weight is 336 g/mol. The molecule has 0 amide bonds. The van der Waals surface area contributed by atoms with E-state index in [2.05, 4.69) is 0 Å². The van der Waals surface area contributed by atoms with E-state index in [9.17, 15) is 0 Å². The second kappa shape index (κ2) is 6.71. The molecule has 0 fully saturated rings. The molecule has 0 atom stereocenters. The number of halogens is 4. The SMILES string of the molecule is ClCc1cccc(Cl)c1OCc1cccc(Cl)c1Cl. The van der Waals surface area contributed by atoms with Gasteiger partial charge in [-0.2, -0.15) is 0 Å². The largest absolute Gasteiger partial charge is 0.487 e. The monoisotopic (exact) mass is 334 g/mol. The van der Waals surface area contributed by atoms with Crippen molar-refractivity contribution in [3.63, 3.8) is 0 Å². The van der Waals surface area contributed by atoms with E-state index in [0.717, 1.165) is 11.1 Å². The number of para-hydroxylation sites is 1. The maximum Gasteiger partial charge on any atom is 0.142 e. The highest BCUT2D eigenvalue weighted by atomic mass is 35.5. The molecule has 0 saturated carbocycles. The van der Waals surface area contributed by atoms with Crippen molar-refractivity contribution in [1.82, 2.24) is 0 Å². The minimum Gasteiger partial charge on any atom is -0.487 e. The van der Waals surface area contributed by atoms with Gasteiger partial charge in [-0.3, -0.25) is 0 Å². The molecule has 0 heterocycles. The second-order valence-corrected chi connectivity index (χ2v) is 5.32. The van der Waals surface area contributed by atoms with Crippen molar-refractivity contribution in [1.29, 1.82) is 0 Å². The summed E-state index contributed by atoms with van der Waals surface area (Å²) in [5.74, 6) is 0.911. The zero-order valence-corrected chi connectivity index (χ0v) is 12.8. The quantitative estimate of drug-likeness (QED) is 0.626. The lowest BCUT2D eigenvalue weighted by Crippen LogP contribution is -1.99. The molecule has 19 heavy (non-hydrogen) atoms. The number of alkyl halides is 1. The molecule has 2 aromatic carbocycles. The third-order valence-corrected chi connectivity index (χ3v) is 4.04. The molecular weight excluding hydrogens is 326 g/mol. The number of hydrogen-bond donors (Lipinski definition) is 0. The van der Waals surface area contributed by atoms with Gasteiger partial charge in [0.15, 0.2) is 0 Å². The van der Waals surface area contributed by atoms with E-state index in [1.165, 1.54) is 0 Å². The topological polar surface area (TPSA) is 9.23 Å². The van der Waals surface area contributed by atoms with Gasteiger partial charge in [-0.25, -0.2) is 0 Å². The van der Waals surface area contributed by atoms with Crippen molar-refractivity contribution in [2.75, 3.05) is 0 Å². The van der Waals surface area contributed by atoms with Crippen LogP contribution in [0.4, 0.5) is 0 Å². The summed E-state index contributed by atoms with van der Waals surface area (Å²) in [4.78, 5) is 0. The fraction of sp³-hybridized carbons (Fsp3) is 0.143. The van der Waals surface area contributed by atoms with Gasteiger partial charge < -0.3 is 4.74 Å². The summed E-state index contributed by atoms with van der Waals surface area (Å²) in [5.41, 5.74) is 1.64. The minimum absolute atomic E-state index is 0.285. The van der Waals surface area contributed by atoms with Crippen molar-refractivity contribution in [3.8, 4) is 5.75 Å². The van der Waals surface area contributed by atoms with Gasteiger partial charge in [0, 0.05) is 11.1 Å². The van der Waals surface area contributed by atoms with E-state index in [1.54, 1.807) is 12.1 Å². The summed E-state index contributed by atoms with van der Waals surface area (Å²) in [6.07, 6.45) is 0. The summed E-state index contributed by atoms with van der Waals surface area (Å²) in [6, 6.07) is 10.9. The van der Waals surface area contributed by atoms with Crippen LogP contribution in [0.2, 0.25) is 15.1 Å². The zero-order valence-electron chi connectivity index (χ0n) is 9.80. The number of hydrogen-bond acceptors (Lipinski definition) is 1. The Morgan fingerprint density at radius 2 is 1.47 bits per heavy atom. The van der Waals surface area contributed by atoms with E-state index in [4.69, 9.17) is 51.1 Å². The first kappa shape index (κ1) is 14.8. The maximum atomic E-state index is 6.10. The molecule has 0 unspecified atom stereocenters. The summed E-state index contributed by atoms with van der Waals surface area (Å²) in [5, 5.41) is 1.51. The second-order valence-electron chi connectivity index (χ2n) is 3.86. The number of benzene rings is 2. The third-order valence-electron chi connectivity index (χ3n) is 2.60. The molecular formula is C14H10Cl4O. The Morgan fingerprint density at radius 3 is 2.16 bits per heavy atom. The molecule has 0 bridgehead atoms. The van der Waals surface area contributed by atoms with Crippen LogP contribution < -0.4 is 4.74 Å². The van der Waals surface area contributed by atoms with Crippen LogP contribution in [0.15, 0.2) is 36.4 Å². The molecule has 2 rings (SSSR count). The molecule has 2 aromatic rings. The molecule has 0 saturated heterocycles. The molecule has 0 aliphatic heterocycles. The van der Waals surface area contributed by atoms with Crippen LogP contribution in [0.25, 0.3) is 0 Å². The predicted molar refractivity (Wildman–Crippen MR) is 81.8 cm³/mol. The zero-order chi connectivity index (χ0) is 13.8. The molecule has 0 N–H and O–H groups in total. The van der Waals surface area contributed by atoms with Crippen molar-refractivity contribution >= 4 is 46.4 Å². The first-order valence-electron chi connectivity index (χ1n) is 5.52. The van der Waals surface area contributed by atoms with Gasteiger partial charge in [0.05, 0.1) is 20.9 Å². The van der Waals surface area contributed by atoms with Crippen LogP contribution in [0.5, 0.6) is 5.75 Å². The summed E-state index contributed by atoms with van der Waals surface area (Å²) in [6.45, 7) is 0.285. The van der Waals surface area contributed by atoms with Crippen LogP contribution in [0.1, 0.15) is 11.1 Å². The normalized spacial score (nSPS) is 10.5. The molecule has 0 spiro atoms. The lowest BCUT2D eigenvalue weighted by Gasteiger charge is -2.12. The first-order chi connectivity index (χ1) is 9.13. The van der Waals surface area contributed by atoms with Crippen molar-refractivity contribution in [3.05, 3.63) is 62.6 Å². The Balaban J connectivity index is 2.21. The highest BCUT2D eigenvalue weighted by Crippen LogP contribution is 2.32. The van der Waals surface area contributed by atoms with E-state index in [-0.39, 0.29) is 6.61 Å². The van der Waals surface area contributed by atoms with Crippen molar-refractivity contribution in [2.45, 2.75) is 12.5 Å². The first-order valence-corrected chi connectivity index (χ1v) is 7.19. The molecule has 100 valence electrons. The summed E-state index contributed by atoms with van der Waals surface area (Å²) in [7, 11) is 0. The molecule has 5 heteroatoms. The minimum atomic E-state index is 0.285. The van der Waals surface area contributed by atoms with Crippen molar-refractivity contribution in [2.24, 2.45) is 0 Å². The number of rotatable bonds is 4. The Labute approximate surface area is 132 Å². The van der Waals surface area contributed by atoms with Gasteiger partial charge in [-0.1, -0.05) is 59.1 Å². The van der Waals surface area contributed by atoms with E-state index >= 15 is 0 Å². The van der Waals surface area contributed by atoms with Crippen LogP contribution in [-0.4, -0.2) is 0 Å². The molecule has 0 aliphatic carbocycles. The Bertz CT molecular complexity index is 584. The fourth-order valence-corrected chi connectivity index (χ4v) is 2.46. The molecule has 0 radical (unpaired) electrons. The smallest absolute Gasteiger partial charge is 0.142 e. The van der Waals surface area contributed by atoms with Crippen LogP contribution in [0.3, 0.4) is 0 Å². The average Bonchev–Trinajstić information content (AvgIpc) is 2.41. The highest BCUT2D eigenvalue weighted by Gasteiger charge is 2.10. The third kappa shape index (κ3) is 3.49. The van der Waals surface area contributed by atoms with E-state index < -0.39 is 0 Å². The fourth-order valence-electron chi connectivity index (χ4n) is 1.63.